The molecule has 3 aliphatic carbocycles. The molecule has 3 saturated carbocycles. The number of anilines is 1. The molecule has 32 heavy (non-hydrogen) atoms. The number of thioether (sulfide) groups is 1. The van der Waals surface area contributed by atoms with E-state index in [0.717, 1.165) is 30.4 Å². The smallest absolute Gasteiger partial charge is 0.320 e. The van der Waals surface area contributed by atoms with E-state index in [2.05, 4.69) is 10.4 Å². The third kappa shape index (κ3) is 3.66. The van der Waals surface area contributed by atoms with Crippen molar-refractivity contribution in [1.29, 1.82) is 0 Å². The lowest BCUT2D eigenvalue weighted by Gasteiger charge is -2.56. The van der Waals surface area contributed by atoms with Crippen molar-refractivity contribution in [2.75, 3.05) is 11.6 Å². The van der Waals surface area contributed by atoms with Crippen LogP contribution < -0.4 is 10.0 Å². The van der Waals surface area contributed by atoms with Gasteiger partial charge in [0.25, 0.3) is 10.9 Å². The molecule has 10 heteroatoms. The molecule has 3 fully saturated rings. The molecule has 0 saturated heterocycles. The van der Waals surface area contributed by atoms with Gasteiger partial charge in [-0.25, -0.2) is 0 Å². The zero-order chi connectivity index (χ0) is 22.7. The van der Waals surface area contributed by atoms with E-state index in [1.165, 1.54) is 41.2 Å². The number of rotatable bonds is 6. The van der Waals surface area contributed by atoms with Crippen molar-refractivity contribution in [3.63, 3.8) is 0 Å². The van der Waals surface area contributed by atoms with Crippen molar-refractivity contribution in [2.45, 2.75) is 68.6 Å². The Morgan fingerprint density at radius 3 is 2.62 bits per heavy atom. The van der Waals surface area contributed by atoms with E-state index < -0.39 is 23.3 Å². The lowest BCUT2D eigenvalue weighted by molar-refractivity contribution is -0.932. The summed E-state index contributed by atoms with van der Waals surface area (Å²) in [4.78, 5) is 13.2. The van der Waals surface area contributed by atoms with Gasteiger partial charge in [-0.2, -0.15) is 18.3 Å². The lowest BCUT2D eigenvalue weighted by Crippen LogP contribution is -2.47. The monoisotopic (exact) mass is 467 g/mol. The summed E-state index contributed by atoms with van der Waals surface area (Å²) in [7, 11) is 0. The van der Waals surface area contributed by atoms with Gasteiger partial charge in [0.1, 0.15) is 11.3 Å². The van der Waals surface area contributed by atoms with Gasteiger partial charge in [-0.05, 0) is 56.1 Å². The van der Waals surface area contributed by atoms with E-state index in [0.29, 0.717) is 30.1 Å². The highest BCUT2D eigenvalue weighted by molar-refractivity contribution is 7.98. The topological polar surface area (TPSA) is 71.0 Å². The van der Waals surface area contributed by atoms with Crippen LogP contribution in [0.3, 0.4) is 0 Å². The number of amides is 1. The third-order valence-corrected chi connectivity index (χ3v) is 8.13. The molecule has 172 valence electrons. The molecule has 0 bridgehead atoms. The second-order valence-electron chi connectivity index (χ2n) is 9.27. The van der Waals surface area contributed by atoms with E-state index in [9.17, 15) is 23.2 Å². The first kappa shape index (κ1) is 21.6. The lowest BCUT2D eigenvalue weighted by atomic mass is 9.50. The van der Waals surface area contributed by atoms with Crippen molar-refractivity contribution >= 4 is 23.4 Å². The molecule has 3 aliphatic rings. The minimum Gasteiger partial charge on any atom is -0.320 e. The van der Waals surface area contributed by atoms with Crippen LogP contribution in [0.4, 0.5) is 18.9 Å². The van der Waals surface area contributed by atoms with Crippen molar-refractivity contribution in [2.24, 2.45) is 11.3 Å². The Morgan fingerprint density at radius 2 is 2.09 bits per heavy atom. The summed E-state index contributed by atoms with van der Waals surface area (Å²) < 4.78 is 44.7. The quantitative estimate of drug-likeness (QED) is 0.362. The maximum absolute atomic E-state index is 14.2. The molecule has 0 aromatic carbocycles. The number of halogens is 3. The summed E-state index contributed by atoms with van der Waals surface area (Å²) in [6.45, 7) is 0.347. The molecule has 2 heterocycles. The van der Waals surface area contributed by atoms with Crippen molar-refractivity contribution in [3.05, 3.63) is 35.3 Å². The van der Waals surface area contributed by atoms with Crippen LogP contribution in [0.5, 0.6) is 0 Å². The van der Waals surface area contributed by atoms with E-state index in [1.54, 1.807) is 6.26 Å². The second-order valence-corrected chi connectivity index (χ2v) is 10.1. The Labute approximate surface area is 188 Å². The third-order valence-electron chi connectivity index (χ3n) is 7.41. The largest absolute Gasteiger partial charge is 0.420 e. The number of nitrogens with one attached hydrogen (secondary N) is 1. The molecule has 2 aromatic heterocycles. The minimum absolute atomic E-state index is 0.00990. The van der Waals surface area contributed by atoms with E-state index in [-0.39, 0.29) is 22.9 Å². The SMILES string of the molecule is CSc1cc(NC(=O)c2c(C(F)(F)F)c(C3CC3)nn2CC2CCC23CCC3)cc[n+]1O. The molecule has 1 spiro atoms. The number of hydrogen-bond donors (Lipinski definition) is 2. The fourth-order valence-electron chi connectivity index (χ4n) is 5.20. The molecule has 5 rings (SSSR count). The average molecular weight is 468 g/mol. The zero-order valence-electron chi connectivity index (χ0n) is 17.8. The van der Waals surface area contributed by atoms with Crippen LogP contribution in [-0.2, 0) is 12.7 Å². The Morgan fingerprint density at radius 1 is 1.34 bits per heavy atom. The van der Waals surface area contributed by atoms with Gasteiger partial charge < -0.3 is 5.32 Å². The Balaban J connectivity index is 1.52. The van der Waals surface area contributed by atoms with Crippen LogP contribution in [0.2, 0.25) is 0 Å². The molecule has 2 N–H and O–H groups in total. The summed E-state index contributed by atoms with van der Waals surface area (Å²) in [5.41, 5.74) is -0.725. The predicted molar refractivity (Wildman–Crippen MR) is 112 cm³/mol. The fraction of sp³-hybridized carbons (Fsp3) is 0.591. The Bertz CT molecular complexity index is 1050. The zero-order valence-corrected chi connectivity index (χ0v) is 18.6. The number of aromatic nitrogens is 3. The van der Waals surface area contributed by atoms with Crippen LogP contribution in [0.15, 0.2) is 23.4 Å². The molecule has 0 radical (unpaired) electrons. The van der Waals surface area contributed by atoms with Crippen molar-refractivity contribution < 1.29 is 27.9 Å². The summed E-state index contributed by atoms with van der Waals surface area (Å²) in [6.07, 6.45) is 5.25. The van der Waals surface area contributed by atoms with Gasteiger partial charge in [-0.1, -0.05) is 18.2 Å². The van der Waals surface area contributed by atoms with Gasteiger partial charge in [0.15, 0.2) is 0 Å². The molecule has 6 nitrogen and oxygen atoms in total. The summed E-state index contributed by atoms with van der Waals surface area (Å²) in [5, 5.41) is 17.2. The molecule has 2 aromatic rings. The minimum atomic E-state index is -4.66. The molecular weight excluding hydrogens is 441 g/mol. The molecular formula is C22H26F3N4O2S+. The Hall–Kier alpha value is -2.23. The number of pyridine rings is 1. The Kier molecular flexibility index (Phi) is 5.18. The van der Waals surface area contributed by atoms with E-state index in [4.69, 9.17) is 0 Å². The van der Waals surface area contributed by atoms with Crippen LogP contribution in [0, 0.1) is 11.3 Å². The molecule has 1 amide bonds. The average Bonchev–Trinajstić information content (AvgIpc) is 3.44. The highest BCUT2D eigenvalue weighted by atomic mass is 32.2. The van der Waals surface area contributed by atoms with Crippen molar-refractivity contribution in [3.8, 4) is 0 Å². The van der Waals surface area contributed by atoms with Crippen molar-refractivity contribution in [1.82, 2.24) is 9.78 Å². The second kappa shape index (κ2) is 7.67. The van der Waals surface area contributed by atoms with Crippen LogP contribution >= 0.6 is 11.8 Å². The number of hydrogen-bond acceptors (Lipinski definition) is 4. The van der Waals surface area contributed by atoms with Gasteiger partial charge in [0, 0.05) is 29.3 Å². The number of carbonyl (C=O) groups is 1. The van der Waals surface area contributed by atoms with E-state index >= 15 is 0 Å². The molecule has 0 aliphatic heterocycles. The van der Waals surface area contributed by atoms with Crippen LogP contribution in [0.1, 0.15) is 72.6 Å². The normalized spacial score (nSPS) is 21.8. The van der Waals surface area contributed by atoms with Crippen LogP contribution in [-0.4, -0.2) is 27.2 Å². The summed E-state index contributed by atoms with van der Waals surface area (Å²) in [5.74, 6) is -0.780. The first-order chi connectivity index (χ1) is 15.2. The van der Waals surface area contributed by atoms with Gasteiger partial charge >= 0.3 is 6.18 Å². The predicted octanol–water partition coefficient (Wildman–Crippen LogP) is 4.86. The van der Waals surface area contributed by atoms with Crippen LogP contribution in [0.25, 0.3) is 0 Å². The maximum atomic E-state index is 14.2. The van der Waals surface area contributed by atoms with Gasteiger partial charge in [-0.3, -0.25) is 14.7 Å². The van der Waals surface area contributed by atoms with Gasteiger partial charge in [-0.15, -0.1) is 0 Å². The number of carbonyl (C=O) groups excluding carboxylic acids is 1. The molecule has 1 atom stereocenters. The number of alkyl halides is 3. The summed E-state index contributed by atoms with van der Waals surface area (Å²) >= 11 is 1.25. The van der Waals surface area contributed by atoms with Gasteiger partial charge in [0.2, 0.25) is 6.20 Å². The summed E-state index contributed by atoms with van der Waals surface area (Å²) in [6, 6.07) is 2.97. The first-order valence-electron chi connectivity index (χ1n) is 11.0. The first-order valence-corrected chi connectivity index (χ1v) is 12.2. The highest BCUT2D eigenvalue weighted by Gasteiger charge is 2.52. The highest BCUT2D eigenvalue weighted by Crippen LogP contribution is 2.60. The standard InChI is InChI=1S/C22H25F3N4O2S/c1-32-16-11-15(6-10-29(16)31)26-20(30)19-17(22(23,24)25)18(13-3-4-13)27-28(19)12-14-5-9-21(14)7-2-8-21/h6,10-11,13-14,31H,2-5,7-9,12H2,1H3/p+1. The molecule has 1 unspecified atom stereocenters. The van der Waals surface area contributed by atoms with E-state index in [1.807, 2.05) is 0 Å². The van der Waals surface area contributed by atoms with Gasteiger partial charge in [0.05, 0.1) is 11.4 Å². The maximum Gasteiger partial charge on any atom is 0.420 e. The number of nitrogens with zero attached hydrogens (tertiary/aromatic N) is 3. The fourth-order valence-corrected chi connectivity index (χ4v) is 5.69.